The van der Waals surface area contributed by atoms with Crippen molar-refractivity contribution in [3.8, 4) is 11.5 Å². The first kappa shape index (κ1) is 23.2. The van der Waals surface area contributed by atoms with Crippen molar-refractivity contribution < 1.29 is 23.5 Å². The SMILES string of the molecule is CCN(CC(=O)NCc1ccc(F)cc1)C(=O)c1ccc(OCC(C)C)c(OC)c1. The van der Waals surface area contributed by atoms with Crippen molar-refractivity contribution in [2.45, 2.75) is 27.3 Å². The normalized spacial score (nSPS) is 10.6. The lowest BCUT2D eigenvalue weighted by Crippen LogP contribution is -2.40. The third-order valence-corrected chi connectivity index (χ3v) is 4.39. The minimum atomic E-state index is -0.330. The zero-order chi connectivity index (χ0) is 22.1. The Bertz CT molecular complexity index is 853. The number of amides is 2. The molecule has 0 unspecified atom stereocenters. The van der Waals surface area contributed by atoms with Gasteiger partial charge in [0.2, 0.25) is 5.91 Å². The van der Waals surface area contributed by atoms with Crippen molar-refractivity contribution in [2.24, 2.45) is 5.92 Å². The van der Waals surface area contributed by atoms with Crippen molar-refractivity contribution in [1.29, 1.82) is 0 Å². The van der Waals surface area contributed by atoms with E-state index in [1.807, 2.05) is 20.8 Å². The van der Waals surface area contributed by atoms with Crippen LogP contribution in [0.4, 0.5) is 4.39 Å². The average Bonchev–Trinajstić information content (AvgIpc) is 2.74. The summed E-state index contributed by atoms with van der Waals surface area (Å²) < 4.78 is 24.0. The molecule has 0 aliphatic rings. The van der Waals surface area contributed by atoms with Crippen LogP contribution >= 0.6 is 0 Å². The van der Waals surface area contributed by atoms with Crippen LogP contribution < -0.4 is 14.8 Å². The van der Waals surface area contributed by atoms with E-state index in [-0.39, 0.29) is 30.7 Å². The van der Waals surface area contributed by atoms with E-state index in [2.05, 4.69) is 5.32 Å². The highest BCUT2D eigenvalue weighted by Gasteiger charge is 2.19. The summed E-state index contributed by atoms with van der Waals surface area (Å²) in [5.74, 6) is 0.506. The van der Waals surface area contributed by atoms with Crippen LogP contribution in [0.3, 0.4) is 0 Å². The van der Waals surface area contributed by atoms with E-state index in [0.717, 1.165) is 5.56 Å². The average molecular weight is 416 g/mol. The van der Waals surface area contributed by atoms with Gasteiger partial charge in [0, 0.05) is 18.7 Å². The predicted octanol–water partition coefficient (Wildman–Crippen LogP) is 3.65. The van der Waals surface area contributed by atoms with E-state index in [1.165, 1.54) is 24.1 Å². The number of hydrogen-bond donors (Lipinski definition) is 1. The van der Waals surface area contributed by atoms with Crippen LogP contribution in [-0.4, -0.2) is 43.5 Å². The molecule has 7 heteroatoms. The van der Waals surface area contributed by atoms with Crippen LogP contribution in [0.1, 0.15) is 36.7 Å². The van der Waals surface area contributed by atoms with Gasteiger partial charge in [-0.3, -0.25) is 9.59 Å². The minimum Gasteiger partial charge on any atom is -0.493 e. The predicted molar refractivity (Wildman–Crippen MR) is 113 cm³/mol. The Morgan fingerprint density at radius 3 is 2.40 bits per heavy atom. The Labute approximate surface area is 177 Å². The lowest BCUT2D eigenvalue weighted by Gasteiger charge is -2.21. The number of halogens is 1. The molecule has 0 bridgehead atoms. The van der Waals surface area contributed by atoms with Gasteiger partial charge >= 0.3 is 0 Å². The molecule has 0 saturated heterocycles. The summed E-state index contributed by atoms with van der Waals surface area (Å²) in [6, 6.07) is 10.9. The van der Waals surface area contributed by atoms with Gasteiger partial charge in [0.15, 0.2) is 11.5 Å². The first-order chi connectivity index (χ1) is 14.3. The van der Waals surface area contributed by atoms with Gasteiger partial charge in [-0.15, -0.1) is 0 Å². The van der Waals surface area contributed by atoms with Gasteiger partial charge in [0.05, 0.1) is 20.3 Å². The van der Waals surface area contributed by atoms with Crippen molar-refractivity contribution >= 4 is 11.8 Å². The van der Waals surface area contributed by atoms with Crippen molar-refractivity contribution in [3.05, 3.63) is 59.4 Å². The molecule has 0 aliphatic heterocycles. The van der Waals surface area contributed by atoms with E-state index in [1.54, 1.807) is 30.3 Å². The molecule has 2 aromatic rings. The van der Waals surface area contributed by atoms with Crippen LogP contribution in [0, 0.1) is 11.7 Å². The number of hydrogen-bond acceptors (Lipinski definition) is 4. The van der Waals surface area contributed by atoms with Crippen LogP contribution in [-0.2, 0) is 11.3 Å². The summed E-state index contributed by atoms with van der Waals surface area (Å²) in [7, 11) is 1.52. The summed E-state index contributed by atoms with van der Waals surface area (Å²) in [4.78, 5) is 26.6. The Morgan fingerprint density at radius 1 is 1.10 bits per heavy atom. The molecule has 0 aromatic heterocycles. The van der Waals surface area contributed by atoms with Crippen molar-refractivity contribution in [1.82, 2.24) is 10.2 Å². The molecule has 0 heterocycles. The van der Waals surface area contributed by atoms with Crippen LogP contribution in [0.15, 0.2) is 42.5 Å². The Morgan fingerprint density at radius 2 is 1.80 bits per heavy atom. The number of benzene rings is 2. The second-order valence-electron chi connectivity index (χ2n) is 7.29. The number of carbonyl (C=O) groups is 2. The molecule has 1 N–H and O–H groups in total. The third-order valence-electron chi connectivity index (χ3n) is 4.39. The number of methoxy groups -OCH3 is 1. The number of carbonyl (C=O) groups excluding carboxylic acids is 2. The van der Waals surface area contributed by atoms with E-state index >= 15 is 0 Å². The second-order valence-corrected chi connectivity index (χ2v) is 7.29. The monoisotopic (exact) mass is 416 g/mol. The molecule has 162 valence electrons. The zero-order valence-electron chi connectivity index (χ0n) is 17.9. The van der Waals surface area contributed by atoms with Crippen LogP contribution in [0.2, 0.25) is 0 Å². The third kappa shape index (κ3) is 6.76. The summed E-state index contributed by atoms with van der Waals surface area (Å²) >= 11 is 0. The minimum absolute atomic E-state index is 0.0789. The lowest BCUT2D eigenvalue weighted by molar-refractivity contribution is -0.121. The van der Waals surface area contributed by atoms with E-state index in [9.17, 15) is 14.0 Å². The fourth-order valence-corrected chi connectivity index (χ4v) is 2.72. The summed E-state index contributed by atoms with van der Waals surface area (Å²) in [5.41, 5.74) is 1.19. The van der Waals surface area contributed by atoms with Gasteiger partial charge in [-0.2, -0.15) is 0 Å². The molecular weight excluding hydrogens is 387 g/mol. The van der Waals surface area contributed by atoms with Gasteiger partial charge in [0.25, 0.3) is 5.91 Å². The highest BCUT2D eigenvalue weighted by atomic mass is 19.1. The van der Waals surface area contributed by atoms with E-state index in [4.69, 9.17) is 9.47 Å². The maximum absolute atomic E-state index is 13.0. The molecule has 0 aliphatic carbocycles. The summed E-state index contributed by atoms with van der Waals surface area (Å²) in [6.45, 7) is 7.00. The molecule has 2 rings (SSSR count). The highest BCUT2D eigenvalue weighted by molar-refractivity contribution is 5.97. The van der Waals surface area contributed by atoms with Crippen LogP contribution in [0.25, 0.3) is 0 Å². The zero-order valence-corrected chi connectivity index (χ0v) is 17.9. The fourth-order valence-electron chi connectivity index (χ4n) is 2.72. The number of nitrogens with one attached hydrogen (secondary N) is 1. The van der Waals surface area contributed by atoms with Crippen molar-refractivity contribution in [3.63, 3.8) is 0 Å². The first-order valence-corrected chi connectivity index (χ1v) is 9.95. The number of likely N-dealkylation sites (N-methyl/N-ethyl adjacent to an activating group) is 1. The van der Waals surface area contributed by atoms with Gasteiger partial charge in [0.1, 0.15) is 5.82 Å². The Hall–Kier alpha value is -3.09. The topological polar surface area (TPSA) is 67.9 Å². The first-order valence-electron chi connectivity index (χ1n) is 9.95. The van der Waals surface area contributed by atoms with Gasteiger partial charge in [-0.1, -0.05) is 26.0 Å². The molecule has 0 atom stereocenters. The lowest BCUT2D eigenvalue weighted by atomic mass is 10.1. The largest absolute Gasteiger partial charge is 0.493 e. The standard InChI is InChI=1S/C23H29FN2O4/c1-5-26(14-22(27)25-13-17-6-9-19(24)10-7-17)23(28)18-8-11-20(21(12-18)29-4)30-15-16(2)3/h6-12,16H,5,13-15H2,1-4H3,(H,25,27). The van der Waals surface area contributed by atoms with E-state index < -0.39 is 0 Å². The molecule has 0 fully saturated rings. The molecule has 2 amide bonds. The van der Waals surface area contributed by atoms with Crippen LogP contribution in [0.5, 0.6) is 11.5 Å². The summed E-state index contributed by atoms with van der Waals surface area (Å²) in [5, 5.41) is 2.75. The second kappa shape index (κ2) is 11.2. The van der Waals surface area contributed by atoms with E-state index in [0.29, 0.717) is 36.1 Å². The number of ether oxygens (including phenoxy) is 2. The molecule has 30 heavy (non-hydrogen) atoms. The Balaban J connectivity index is 2.00. The number of nitrogens with zero attached hydrogens (tertiary/aromatic N) is 1. The quantitative estimate of drug-likeness (QED) is 0.642. The molecule has 6 nitrogen and oxygen atoms in total. The summed E-state index contributed by atoms with van der Waals surface area (Å²) in [6.07, 6.45) is 0. The molecule has 0 saturated carbocycles. The highest BCUT2D eigenvalue weighted by Crippen LogP contribution is 2.29. The number of rotatable bonds is 10. The van der Waals surface area contributed by atoms with Gasteiger partial charge in [-0.25, -0.2) is 4.39 Å². The molecule has 0 radical (unpaired) electrons. The molecule has 2 aromatic carbocycles. The van der Waals surface area contributed by atoms with Crippen molar-refractivity contribution in [2.75, 3.05) is 26.8 Å². The fraction of sp³-hybridized carbons (Fsp3) is 0.391. The molecular formula is C23H29FN2O4. The van der Waals surface area contributed by atoms with Gasteiger partial charge < -0.3 is 19.7 Å². The maximum atomic E-state index is 13.0. The Kier molecular flexibility index (Phi) is 8.65. The smallest absolute Gasteiger partial charge is 0.254 e. The molecule has 0 spiro atoms. The van der Waals surface area contributed by atoms with Gasteiger partial charge in [-0.05, 0) is 48.7 Å². The maximum Gasteiger partial charge on any atom is 0.254 e.